The summed E-state index contributed by atoms with van der Waals surface area (Å²) >= 11 is 0. The molecule has 4 nitrogen and oxygen atoms in total. The minimum atomic E-state index is -1.18. The number of carbonyl (C=O) groups excluding carboxylic acids is 2. The van der Waals surface area contributed by atoms with Gasteiger partial charge in [0.2, 0.25) is 0 Å². The van der Waals surface area contributed by atoms with Crippen LogP contribution in [0.1, 0.15) is 15.9 Å². The van der Waals surface area contributed by atoms with Gasteiger partial charge in [-0.1, -0.05) is 12.1 Å². The Kier molecular flexibility index (Phi) is 5.35. The topological polar surface area (TPSA) is 55.4 Å². The van der Waals surface area contributed by atoms with Crippen LogP contribution in [0.2, 0.25) is 0 Å². The van der Waals surface area contributed by atoms with Gasteiger partial charge in [0.25, 0.3) is 5.91 Å². The van der Waals surface area contributed by atoms with Crippen LogP contribution < -0.4 is 5.32 Å². The van der Waals surface area contributed by atoms with E-state index in [1.54, 1.807) is 0 Å². The van der Waals surface area contributed by atoms with Crippen molar-refractivity contribution in [1.29, 1.82) is 0 Å². The number of amides is 1. The number of hydrogen-bond acceptors (Lipinski definition) is 3. The molecule has 0 spiro atoms. The molecule has 7 heteroatoms. The second-order valence-corrected chi connectivity index (χ2v) is 4.61. The zero-order chi connectivity index (χ0) is 16.8. The van der Waals surface area contributed by atoms with E-state index in [1.165, 1.54) is 24.3 Å². The van der Waals surface area contributed by atoms with Crippen molar-refractivity contribution < 1.29 is 27.5 Å². The molecule has 0 aromatic heterocycles. The molecule has 0 unspecified atom stereocenters. The van der Waals surface area contributed by atoms with Crippen LogP contribution in [-0.2, 0) is 16.1 Å². The summed E-state index contributed by atoms with van der Waals surface area (Å²) in [7, 11) is 0. The largest absolute Gasteiger partial charge is 0.452 e. The fourth-order valence-corrected chi connectivity index (χ4v) is 1.69. The van der Waals surface area contributed by atoms with Crippen molar-refractivity contribution in [2.45, 2.75) is 6.54 Å². The smallest absolute Gasteiger partial charge is 0.338 e. The summed E-state index contributed by atoms with van der Waals surface area (Å²) in [5.74, 6) is -4.18. The SMILES string of the molecule is O=C(COC(=O)c1ccc(F)c(F)c1)NCc1ccc(F)cc1. The van der Waals surface area contributed by atoms with Gasteiger partial charge in [-0.3, -0.25) is 4.79 Å². The molecular weight excluding hydrogens is 311 g/mol. The van der Waals surface area contributed by atoms with E-state index in [1.807, 2.05) is 0 Å². The lowest BCUT2D eigenvalue weighted by Gasteiger charge is -2.07. The molecule has 0 fully saturated rings. The van der Waals surface area contributed by atoms with E-state index in [-0.39, 0.29) is 17.9 Å². The molecule has 0 bridgehead atoms. The number of halogens is 3. The van der Waals surface area contributed by atoms with Crippen molar-refractivity contribution in [3.63, 3.8) is 0 Å². The summed E-state index contributed by atoms with van der Waals surface area (Å²) in [6.45, 7) is -0.430. The number of nitrogens with one attached hydrogen (secondary N) is 1. The molecule has 0 saturated heterocycles. The Morgan fingerprint density at radius 2 is 1.65 bits per heavy atom. The van der Waals surface area contributed by atoms with Gasteiger partial charge in [0.05, 0.1) is 5.56 Å². The van der Waals surface area contributed by atoms with E-state index in [9.17, 15) is 22.8 Å². The molecule has 0 saturated carbocycles. The predicted octanol–water partition coefficient (Wildman–Crippen LogP) is 2.58. The van der Waals surface area contributed by atoms with E-state index in [2.05, 4.69) is 5.32 Å². The molecule has 0 heterocycles. The lowest BCUT2D eigenvalue weighted by atomic mass is 10.2. The van der Waals surface area contributed by atoms with Crippen LogP contribution in [-0.4, -0.2) is 18.5 Å². The fourth-order valence-electron chi connectivity index (χ4n) is 1.69. The van der Waals surface area contributed by atoms with E-state index in [0.29, 0.717) is 11.6 Å². The second kappa shape index (κ2) is 7.44. The van der Waals surface area contributed by atoms with E-state index < -0.39 is 30.1 Å². The quantitative estimate of drug-likeness (QED) is 0.861. The third-order valence-corrected chi connectivity index (χ3v) is 2.89. The first-order valence-corrected chi connectivity index (χ1v) is 6.59. The average molecular weight is 323 g/mol. The van der Waals surface area contributed by atoms with Gasteiger partial charge >= 0.3 is 5.97 Å². The van der Waals surface area contributed by atoms with Gasteiger partial charge in [0, 0.05) is 6.54 Å². The summed E-state index contributed by atoms with van der Waals surface area (Å²) in [5, 5.41) is 2.47. The van der Waals surface area contributed by atoms with E-state index >= 15 is 0 Å². The minimum Gasteiger partial charge on any atom is -0.452 e. The van der Waals surface area contributed by atoms with E-state index in [0.717, 1.165) is 12.1 Å². The Bertz CT molecular complexity index is 717. The highest BCUT2D eigenvalue weighted by Gasteiger charge is 2.12. The maximum absolute atomic E-state index is 13.0. The first-order valence-electron chi connectivity index (χ1n) is 6.59. The molecule has 2 rings (SSSR count). The molecule has 23 heavy (non-hydrogen) atoms. The van der Waals surface area contributed by atoms with Gasteiger partial charge in [0.15, 0.2) is 18.2 Å². The number of ether oxygens (including phenoxy) is 1. The molecule has 2 aromatic carbocycles. The van der Waals surface area contributed by atoms with Crippen molar-refractivity contribution in [3.05, 3.63) is 71.0 Å². The van der Waals surface area contributed by atoms with Crippen molar-refractivity contribution in [1.82, 2.24) is 5.32 Å². The molecule has 0 aliphatic carbocycles. The lowest BCUT2D eigenvalue weighted by Crippen LogP contribution is -2.28. The third kappa shape index (κ3) is 4.84. The molecule has 0 aliphatic rings. The van der Waals surface area contributed by atoms with Crippen LogP contribution in [0.25, 0.3) is 0 Å². The Hall–Kier alpha value is -2.83. The Labute approximate surface area is 129 Å². The summed E-state index contributed by atoms with van der Waals surface area (Å²) < 4.78 is 43.1. The van der Waals surface area contributed by atoms with Crippen LogP contribution in [0.3, 0.4) is 0 Å². The number of esters is 1. The number of hydrogen-bond donors (Lipinski definition) is 1. The van der Waals surface area contributed by atoms with Crippen LogP contribution in [0.5, 0.6) is 0 Å². The first-order chi connectivity index (χ1) is 11.0. The molecule has 120 valence electrons. The molecule has 1 N–H and O–H groups in total. The molecule has 0 atom stereocenters. The standard InChI is InChI=1S/C16H12F3NO3/c17-12-4-1-10(2-5-12)8-20-15(21)9-23-16(22)11-3-6-13(18)14(19)7-11/h1-7H,8-9H2,(H,20,21). The van der Waals surface area contributed by atoms with Crippen LogP contribution in [0.15, 0.2) is 42.5 Å². The summed E-state index contributed by atoms with van der Waals surface area (Å²) in [6.07, 6.45) is 0. The fraction of sp³-hybridized carbons (Fsp3) is 0.125. The summed E-state index contributed by atoms with van der Waals surface area (Å²) in [6, 6.07) is 8.05. The van der Waals surface area contributed by atoms with Gasteiger partial charge in [-0.15, -0.1) is 0 Å². The van der Waals surface area contributed by atoms with Crippen molar-refractivity contribution in [2.24, 2.45) is 0 Å². The monoisotopic (exact) mass is 323 g/mol. The van der Waals surface area contributed by atoms with Gasteiger partial charge in [-0.2, -0.15) is 0 Å². The highest BCUT2D eigenvalue weighted by molar-refractivity contribution is 5.91. The molecule has 2 aromatic rings. The normalized spacial score (nSPS) is 10.2. The molecular formula is C16H12F3NO3. The minimum absolute atomic E-state index is 0.141. The Morgan fingerprint density at radius 1 is 0.957 bits per heavy atom. The lowest BCUT2D eigenvalue weighted by molar-refractivity contribution is -0.124. The van der Waals surface area contributed by atoms with Crippen molar-refractivity contribution in [3.8, 4) is 0 Å². The second-order valence-electron chi connectivity index (χ2n) is 4.61. The highest BCUT2D eigenvalue weighted by Crippen LogP contribution is 2.09. The zero-order valence-electron chi connectivity index (χ0n) is 11.8. The van der Waals surface area contributed by atoms with Crippen molar-refractivity contribution >= 4 is 11.9 Å². The van der Waals surface area contributed by atoms with Crippen LogP contribution >= 0.6 is 0 Å². The Morgan fingerprint density at radius 3 is 2.30 bits per heavy atom. The zero-order valence-corrected chi connectivity index (χ0v) is 11.8. The summed E-state index contributed by atoms with van der Waals surface area (Å²) in [5.41, 5.74) is 0.474. The van der Waals surface area contributed by atoms with Crippen molar-refractivity contribution in [2.75, 3.05) is 6.61 Å². The molecule has 0 radical (unpaired) electrons. The van der Waals surface area contributed by atoms with Gasteiger partial charge in [0.1, 0.15) is 5.82 Å². The van der Waals surface area contributed by atoms with Crippen LogP contribution in [0, 0.1) is 17.5 Å². The number of rotatable bonds is 5. The highest BCUT2D eigenvalue weighted by atomic mass is 19.2. The molecule has 0 aliphatic heterocycles. The first kappa shape index (κ1) is 16.5. The average Bonchev–Trinajstić information content (AvgIpc) is 2.54. The maximum atomic E-state index is 13.0. The molecule has 1 amide bonds. The Balaban J connectivity index is 1.80. The van der Waals surface area contributed by atoms with Crippen LogP contribution in [0.4, 0.5) is 13.2 Å². The summed E-state index contributed by atoms with van der Waals surface area (Å²) in [4.78, 5) is 23.1. The van der Waals surface area contributed by atoms with Gasteiger partial charge in [-0.25, -0.2) is 18.0 Å². The maximum Gasteiger partial charge on any atom is 0.338 e. The van der Waals surface area contributed by atoms with Gasteiger partial charge < -0.3 is 10.1 Å². The van der Waals surface area contributed by atoms with Gasteiger partial charge in [-0.05, 0) is 35.9 Å². The number of carbonyl (C=O) groups is 2. The van der Waals surface area contributed by atoms with E-state index in [4.69, 9.17) is 4.74 Å². The predicted molar refractivity (Wildman–Crippen MR) is 74.9 cm³/mol. The number of benzene rings is 2. The third-order valence-electron chi connectivity index (χ3n) is 2.89.